The third kappa shape index (κ3) is 2.91. The van der Waals surface area contributed by atoms with Crippen LogP contribution in [0, 0.1) is 0 Å². The molecule has 0 spiro atoms. The van der Waals surface area contributed by atoms with Crippen LogP contribution < -0.4 is 0 Å². The number of carboxylic acid groups (broad SMARTS) is 2. The van der Waals surface area contributed by atoms with E-state index < -0.39 is 11.9 Å². The highest BCUT2D eigenvalue weighted by Crippen LogP contribution is 2.40. The van der Waals surface area contributed by atoms with Crippen LogP contribution in [0.4, 0.5) is 0 Å². The molecule has 0 aliphatic heterocycles. The summed E-state index contributed by atoms with van der Waals surface area (Å²) in [7, 11) is 0. The van der Waals surface area contributed by atoms with Crippen molar-refractivity contribution in [2.24, 2.45) is 0 Å². The number of carboxylic acids is 2. The van der Waals surface area contributed by atoms with Crippen molar-refractivity contribution in [1.29, 1.82) is 0 Å². The molecule has 136 valence electrons. The van der Waals surface area contributed by atoms with E-state index >= 15 is 0 Å². The van der Waals surface area contributed by atoms with Crippen molar-refractivity contribution in [3.05, 3.63) is 96.1 Å². The summed E-state index contributed by atoms with van der Waals surface area (Å²) in [6.45, 7) is 0. The Bertz CT molecular complexity index is 1200. The maximum absolute atomic E-state index is 12.3. The molecule has 0 aliphatic carbocycles. The number of carbonyl (C=O) groups is 2. The van der Waals surface area contributed by atoms with Crippen molar-refractivity contribution in [1.82, 2.24) is 0 Å². The Morgan fingerprint density at radius 1 is 0.607 bits per heavy atom. The fraction of sp³-hybridized carbons (Fsp3) is 0. The van der Waals surface area contributed by atoms with Crippen molar-refractivity contribution >= 4 is 22.7 Å². The van der Waals surface area contributed by atoms with Crippen LogP contribution in [0.2, 0.25) is 0 Å². The molecule has 0 bridgehead atoms. The number of hydrogen-bond donors (Lipinski definition) is 2. The van der Waals surface area contributed by atoms with Crippen molar-refractivity contribution in [2.75, 3.05) is 0 Å². The highest BCUT2D eigenvalue weighted by molar-refractivity contribution is 6.17. The Hall–Kier alpha value is -3.92. The molecule has 0 radical (unpaired) electrons. The highest BCUT2D eigenvalue weighted by Gasteiger charge is 2.23. The van der Waals surface area contributed by atoms with Gasteiger partial charge in [0.25, 0.3) is 0 Å². The summed E-state index contributed by atoms with van der Waals surface area (Å²) in [6, 6.07) is 25.2. The molecule has 0 atom stereocenters. The van der Waals surface area contributed by atoms with E-state index in [0.29, 0.717) is 21.9 Å². The van der Waals surface area contributed by atoms with E-state index in [-0.39, 0.29) is 11.1 Å². The molecular formula is C24H16O4. The summed E-state index contributed by atoms with van der Waals surface area (Å²) in [4.78, 5) is 24.1. The molecule has 4 nitrogen and oxygen atoms in total. The van der Waals surface area contributed by atoms with Crippen molar-refractivity contribution in [2.45, 2.75) is 0 Å². The van der Waals surface area contributed by atoms with Gasteiger partial charge in [0.1, 0.15) is 0 Å². The average Bonchev–Trinajstić information content (AvgIpc) is 2.72. The lowest BCUT2D eigenvalue weighted by Gasteiger charge is -2.17. The minimum absolute atomic E-state index is 0.0804. The zero-order chi connectivity index (χ0) is 19.7. The Balaban J connectivity index is 2.23. The summed E-state index contributed by atoms with van der Waals surface area (Å²) in [5.74, 6) is -2.18. The van der Waals surface area contributed by atoms with Gasteiger partial charge < -0.3 is 10.2 Å². The predicted octanol–water partition coefficient (Wildman–Crippen LogP) is 5.57. The molecule has 2 N–H and O–H groups in total. The largest absolute Gasteiger partial charge is 0.478 e. The van der Waals surface area contributed by atoms with E-state index in [9.17, 15) is 19.8 Å². The molecule has 0 aliphatic rings. The van der Waals surface area contributed by atoms with Crippen molar-refractivity contribution in [3.63, 3.8) is 0 Å². The lowest BCUT2D eigenvalue weighted by Crippen LogP contribution is -2.06. The lowest BCUT2D eigenvalue weighted by atomic mass is 9.85. The van der Waals surface area contributed by atoms with Gasteiger partial charge in [-0.05, 0) is 39.6 Å². The van der Waals surface area contributed by atoms with Gasteiger partial charge in [0.2, 0.25) is 0 Å². The monoisotopic (exact) mass is 368 g/mol. The Morgan fingerprint density at radius 3 is 1.79 bits per heavy atom. The zero-order valence-corrected chi connectivity index (χ0v) is 14.8. The van der Waals surface area contributed by atoms with Gasteiger partial charge in [-0.25, -0.2) is 9.59 Å². The average molecular weight is 368 g/mol. The van der Waals surface area contributed by atoms with Gasteiger partial charge >= 0.3 is 11.9 Å². The second-order valence-corrected chi connectivity index (χ2v) is 6.42. The molecule has 0 unspecified atom stereocenters. The number of fused-ring (bicyclic) bond motifs is 1. The number of benzene rings is 4. The molecule has 4 aromatic carbocycles. The minimum Gasteiger partial charge on any atom is -0.478 e. The fourth-order valence-electron chi connectivity index (χ4n) is 3.58. The quantitative estimate of drug-likeness (QED) is 0.494. The van der Waals surface area contributed by atoms with E-state index in [1.807, 2.05) is 60.7 Å². The van der Waals surface area contributed by atoms with E-state index in [2.05, 4.69) is 0 Å². The van der Waals surface area contributed by atoms with Crippen molar-refractivity contribution < 1.29 is 19.8 Å². The summed E-state index contributed by atoms with van der Waals surface area (Å²) in [6.07, 6.45) is 0. The Kier molecular flexibility index (Phi) is 4.38. The second-order valence-electron chi connectivity index (χ2n) is 6.42. The Morgan fingerprint density at radius 2 is 1.21 bits per heavy atom. The van der Waals surface area contributed by atoms with Gasteiger partial charge in [-0.15, -0.1) is 0 Å². The number of aromatic carboxylic acids is 2. The molecular weight excluding hydrogens is 352 g/mol. The van der Waals surface area contributed by atoms with Gasteiger partial charge in [-0.3, -0.25) is 0 Å². The van der Waals surface area contributed by atoms with E-state index in [0.717, 1.165) is 11.1 Å². The normalized spacial score (nSPS) is 10.7. The Labute approximate surface area is 161 Å². The fourth-order valence-corrected chi connectivity index (χ4v) is 3.58. The first-order chi connectivity index (χ1) is 13.6. The van der Waals surface area contributed by atoms with Crippen LogP contribution in [0.25, 0.3) is 33.0 Å². The topological polar surface area (TPSA) is 74.6 Å². The SMILES string of the molecule is O=C(O)c1cccc2c(C(=O)O)c(-c3ccccc3)c(-c3ccccc3)cc12. The zero-order valence-electron chi connectivity index (χ0n) is 14.8. The summed E-state index contributed by atoms with van der Waals surface area (Å²) < 4.78 is 0. The van der Waals surface area contributed by atoms with Crippen LogP contribution >= 0.6 is 0 Å². The van der Waals surface area contributed by atoms with Gasteiger partial charge in [-0.2, -0.15) is 0 Å². The molecule has 0 fully saturated rings. The maximum atomic E-state index is 12.3. The first-order valence-corrected chi connectivity index (χ1v) is 8.75. The first kappa shape index (κ1) is 17.5. The van der Waals surface area contributed by atoms with Gasteiger partial charge in [0, 0.05) is 5.56 Å². The van der Waals surface area contributed by atoms with E-state index in [1.165, 1.54) is 6.07 Å². The molecule has 0 saturated heterocycles. The third-order valence-electron chi connectivity index (χ3n) is 4.78. The van der Waals surface area contributed by atoms with Crippen molar-refractivity contribution in [3.8, 4) is 22.3 Å². The predicted molar refractivity (Wildman–Crippen MR) is 109 cm³/mol. The van der Waals surface area contributed by atoms with Gasteiger partial charge in [-0.1, -0.05) is 72.8 Å². The summed E-state index contributed by atoms with van der Waals surface area (Å²) in [5, 5.41) is 20.5. The summed E-state index contributed by atoms with van der Waals surface area (Å²) in [5.41, 5.74) is 3.04. The lowest BCUT2D eigenvalue weighted by molar-refractivity contribution is 0.0687. The number of rotatable bonds is 4. The van der Waals surface area contributed by atoms with Gasteiger partial charge in [0.15, 0.2) is 0 Å². The number of hydrogen-bond acceptors (Lipinski definition) is 2. The standard InChI is InChI=1S/C24H16O4/c25-23(26)18-13-7-12-17-20(18)14-19(15-8-3-1-4-9-15)21(22(17)24(27)28)16-10-5-2-6-11-16/h1-14H,(H,25,26)(H,27,28). The summed E-state index contributed by atoms with van der Waals surface area (Å²) >= 11 is 0. The van der Waals surface area contributed by atoms with E-state index in [1.54, 1.807) is 18.2 Å². The molecule has 4 heteroatoms. The van der Waals surface area contributed by atoms with Crippen LogP contribution in [0.5, 0.6) is 0 Å². The van der Waals surface area contributed by atoms with Crippen LogP contribution in [-0.4, -0.2) is 22.2 Å². The van der Waals surface area contributed by atoms with E-state index in [4.69, 9.17) is 0 Å². The molecule has 4 rings (SSSR count). The molecule has 0 amide bonds. The molecule has 28 heavy (non-hydrogen) atoms. The molecule has 0 saturated carbocycles. The van der Waals surface area contributed by atoms with Crippen LogP contribution in [-0.2, 0) is 0 Å². The smallest absolute Gasteiger partial charge is 0.336 e. The third-order valence-corrected chi connectivity index (χ3v) is 4.78. The van der Waals surface area contributed by atoms with Crippen LogP contribution in [0.3, 0.4) is 0 Å². The second kappa shape index (κ2) is 7.00. The highest BCUT2D eigenvalue weighted by atomic mass is 16.4. The van der Waals surface area contributed by atoms with Crippen LogP contribution in [0.15, 0.2) is 84.9 Å². The van der Waals surface area contributed by atoms with Gasteiger partial charge in [0.05, 0.1) is 11.1 Å². The van der Waals surface area contributed by atoms with Crippen LogP contribution in [0.1, 0.15) is 20.7 Å². The first-order valence-electron chi connectivity index (χ1n) is 8.75. The molecule has 4 aromatic rings. The molecule has 0 aromatic heterocycles. The minimum atomic E-state index is -1.09. The maximum Gasteiger partial charge on any atom is 0.336 e. The molecule has 0 heterocycles.